The number of methoxy groups -OCH3 is 2. The lowest BCUT2D eigenvalue weighted by Crippen LogP contribution is -2.44. The zero-order valence-electron chi connectivity index (χ0n) is 15.5. The van der Waals surface area contributed by atoms with Gasteiger partial charge in [-0.3, -0.25) is 9.69 Å². The molecule has 134 valence electrons. The van der Waals surface area contributed by atoms with Crippen LogP contribution in [0.1, 0.15) is 12.5 Å². The zero-order chi connectivity index (χ0) is 18.4. The summed E-state index contributed by atoms with van der Waals surface area (Å²) in [7, 11) is 7.00. The Kier molecular flexibility index (Phi) is 6.42. The number of rotatable bonds is 7. The van der Waals surface area contributed by atoms with Crippen molar-refractivity contribution in [3.63, 3.8) is 0 Å². The van der Waals surface area contributed by atoms with Crippen LogP contribution in [0.25, 0.3) is 0 Å². The Morgan fingerprint density at radius 3 is 2.32 bits per heavy atom. The third-order valence-corrected chi connectivity index (χ3v) is 4.41. The van der Waals surface area contributed by atoms with Gasteiger partial charge < -0.3 is 14.4 Å². The fraction of sp³-hybridized carbons (Fsp3) is 0.350. The summed E-state index contributed by atoms with van der Waals surface area (Å²) in [6.07, 6.45) is 0. The average molecular weight is 342 g/mol. The minimum absolute atomic E-state index is 0.0428. The van der Waals surface area contributed by atoms with Crippen LogP contribution in [-0.4, -0.2) is 45.2 Å². The van der Waals surface area contributed by atoms with Gasteiger partial charge in [-0.1, -0.05) is 24.3 Å². The monoisotopic (exact) mass is 342 g/mol. The second-order valence-electron chi connectivity index (χ2n) is 6.00. The summed E-state index contributed by atoms with van der Waals surface area (Å²) < 4.78 is 10.7. The highest BCUT2D eigenvalue weighted by Crippen LogP contribution is 2.26. The number of ether oxygens (including phenoxy) is 2. The first kappa shape index (κ1) is 18.8. The van der Waals surface area contributed by atoms with E-state index in [4.69, 9.17) is 9.47 Å². The number of benzene rings is 2. The van der Waals surface area contributed by atoms with E-state index in [1.54, 1.807) is 26.2 Å². The Labute approximate surface area is 149 Å². The van der Waals surface area contributed by atoms with E-state index in [-0.39, 0.29) is 11.9 Å². The molecule has 25 heavy (non-hydrogen) atoms. The smallest absolute Gasteiger partial charge is 0.243 e. The molecule has 0 unspecified atom stereocenters. The summed E-state index contributed by atoms with van der Waals surface area (Å²) in [5.74, 6) is 1.54. The first-order chi connectivity index (χ1) is 12.0. The van der Waals surface area contributed by atoms with Gasteiger partial charge >= 0.3 is 0 Å². The Hall–Kier alpha value is -2.53. The highest BCUT2D eigenvalue weighted by atomic mass is 16.5. The van der Waals surface area contributed by atoms with Crippen LogP contribution < -0.4 is 14.4 Å². The Morgan fingerprint density at radius 1 is 1.04 bits per heavy atom. The molecule has 0 heterocycles. The minimum atomic E-state index is -0.267. The quantitative estimate of drug-likeness (QED) is 0.775. The molecule has 0 aliphatic heterocycles. The predicted octanol–water partition coefficient (Wildman–Crippen LogP) is 3.19. The molecule has 0 spiro atoms. The maximum atomic E-state index is 12.8. The Morgan fingerprint density at radius 2 is 1.72 bits per heavy atom. The molecule has 0 aliphatic rings. The van der Waals surface area contributed by atoms with E-state index in [9.17, 15) is 4.79 Å². The minimum Gasteiger partial charge on any atom is -0.497 e. The topological polar surface area (TPSA) is 42.0 Å². The number of likely N-dealkylation sites (N-methyl/N-ethyl adjacent to an activating group) is 2. The number of carbonyl (C=O) groups is 1. The molecule has 0 saturated heterocycles. The third kappa shape index (κ3) is 4.51. The molecule has 0 aromatic heterocycles. The van der Waals surface area contributed by atoms with Crippen LogP contribution in [0, 0.1) is 0 Å². The number of hydrogen-bond donors (Lipinski definition) is 0. The molecule has 5 heteroatoms. The van der Waals surface area contributed by atoms with E-state index in [1.807, 2.05) is 67.4 Å². The fourth-order valence-corrected chi connectivity index (χ4v) is 2.64. The van der Waals surface area contributed by atoms with Crippen LogP contribution >= 0.6 is 0 Å². The lowest BCUT2D eigenvalue weighted by Gasteiger charge is -2.28. The standard InChI is InChI=1S/C20H26N2O3/c1-15(20(23)22(3)17-9-7-6-8-10-17)21(2)14-16-11-12-18(24-4)13-19(16)25-5/h6-13,15H,14H2,1-5H3/t15-/m0/s1. The lowest BCUT2D eigenvalue weighted by molar-refractivity contribution is -0.122. The Bertz CT molecular complexity index is 703. The third-order valence-electron chi connectivity index (χ3n) is 4.41. The number of amides is 1. The van der Waals surface area contributed by atoms with Crippen molar-refractivity contribution in [1.29, 1.82) is 0 Å². The van der Waals surface area contributed by atoms with Gasteiger partial charge in [0.1, 0.15) is 11.5 Å². The van der Waals surface area contributed by atoms with Crippen LogP contribution in [0.5, 0.6) is 11.5 Å². The summed E-state index contributed by atoms with van der Waals surface area (Å²) in [6, 6.07) is 15.1. The van der Waals surface area contributed by atoms with E-state index in [2.05, 4.69) is 0 Å². The molecule has 2 aromatic carbocycles. The van der Waals surface area contributed by atoms with Gasteiger partial charge in [0.15, 0.2) is 0 Å². The van der Waals surface area contributed by atoms with Crippen LogP contribution in [0.3, 0.4) is 0 Å². The van der Waals surface area contributed by atoms with E-state index in [1.165, 1.54) is 0 Å². The molecule has 1 atom stereocenters. The molecule has 0 fully saturated rings. The van der Waals surface area contributed by atoms with Gasteiger partial charge in [-0.05, 0) is 32.2 Å². The Balaban J connectivity index is 2.09. The second kappa shape index (κ2) is 8.53. The van der Waals surface area contributed by atoms with Gasteiger partial charge in [-0.25, -0.2) is 0 Å². The van der Waals surface area contributed by atoms with Crippen molar-refractivity contribution in [2.45, 2.75) is 19.5 Å². The van der Waals surface area contributed by atoms with Crippen molar-refractivity contribution in [3.8, 4) is 11.5 Å². The average Bonchev–Trinajstić information content (AvgIpc) is 2.67. The molecule has 5 nitrogen and oxygen atoms in total. The lowest BCUT2D eigenvalue weighted by atomic mass is 10.1. The van der Waals surface area contributed by atoms with E-state index in [0.29, 0.717) is 6.54 Å². The van der Waals surface area contributed by atoms with Gasteiger partial charge in [0.2, 0.25) is 5.91 Å². The first-order valence-corrected chi connectivity index (χ1v) is 8.21. The van der Waals surface area contributed by atoms with Crippen LogP contribution in [0.15, 0.2) is 48.5 Å². The van der Waals surface area contributed by atoms with Crippen LogP contribution in [-0.2, 0) is 11.3 Å². The highest BCUT2D eigenvalue weighted by molar-refractivity contribution is 5.96. The molecule has 2 aromatic rings. The van der Waals surface area contributed by atoms with Gasteiger partial charge in [-0.15, -0.1) is 0 Å². The molecule has 0 saturated carbocycles. The number of nitrogens with zero attached hydrogens (tertiary/aromatic N) is 2. The summed E-state index contributed by atoms with van der Waals surface area (Å²) in [4.78, 5) is 16.5. The number of hydrogen-bond acceptors (Lipinski definition) is 4. The zero-order valence-corrected chi connectivity index (χ0v) is 15.5. The van der Waals surface area contributed by atoms with E-state index < -0.39 is 0 Å². The summed E-state index contributed by atoms with van der Waals surface area (Å²) in [5.41, 5.74) is 1.89. The number of anilines is 1. The maximum Gasteiger partial charge on any atom is 0.243 e. The van der Waals surface area contributed by atoms with Gasteiger partial charge in [-0.2, -0.15) is 0 Å². The second-order valence-corrected chi connectivity index (χ2v) is 6.00. The van der Waals surface area contributed by atoms with Crippen LogP contribution in [0.2, 0.25) is 0 Å². The molecular formula is C20H26N2O3. The van der Waals surface area contributed by atoms with Crippen molar-refractivity contribution in [3.05, 3.63) is 54.1 Å². The van der Waals surface area contributed by atoms with Gasteiger partial charge in [0.25, 0.3) is 0 Å². The largest absolute Gasteiger partial charge is 0.497 e. The van der Waals surface area contributed by atoms with Crippen molar-refractivity contribution < 1.29 is 14.3 Å². The number of carbonyl (C=O) groups excluding carboxylic acids is 1. The maximum absolute atomic E-state index is 12.8. The fourth-order valence-electron chi connectivity index (χ4n) is 2.64. The van der Waals surface area contributed by atoms with Crippen molar-refractivity contribution >= 4 is 11.6 Å². The number of para-hydroxylation sites is 1. The molecule has 2 rings (SSSR count). The van der Waals surface area contributed by atoms with Crippen molar-refractivity contribution in [2.24, 2.45) is 0 Å². The molecule has 1 amide bonds. The van der Waals surface area contributed by atoms with Crippen molar-refractivity contribution in [1.82, 2.24) is 4.90 Å². The molecule has 0 aliphatic carbocycles. The van der Waals surface area contributed by atoms with Gasteiger partial charge in [0, 0.05) is 30.9 Å². The van der Waals surface area contributed by atoms with Crippen LogP contribution in [0.4, 0.5) is 5.69 Å². The molecule has 0 N–H and O–H groups in total. The molecule has 0 radical (unpaired) electrons. The van der Waals surface area contributed by atoms with Gasteiger partial charge in [0.05, 0.1) is 20.3 Å². The highest BCUT2D eigenvalue weighted by Gasteiger charge is 2.23. The van der Waals surface area contributed by atoms with Crippen molar-refractivity contribution in [2.75, 3.05) is 33.2 Å². The molecular weight excluding hydrogens is 316 g/mol. The summed E-state index contributed by atoms with van der Waals surface area (Å²) in [6.45, 7) is 2.51. The molecule has 0 bridgehead atoms. The predicted molar refractivity (Wildman–Crippen MR) is 100 cm³/mol. The summed E-state index contributed by atoms with van der Waals surface area (Å²) >= 11 is 0. The summed E-state index contributed by atoms with van der Waals surface area (Å²) in [5, 5.41) is 0. The SMILES string of the molecule is COc1ccc(CN(C)[C@@H](C)C(=O)N(C)c2ccccc2)c(OC)c1. The van der Waals surface area contributed by atoms with E-state index in [0.717, 1.165) is 22.7 Å². The first-order valence-electron chi connectivity index (χ1n) is 8.21. The normalized spacial score (nSPS) is 11.9. The van der Waals surface area contributed by atoms with E-state index >= 15 is 0 Å².